The molecule has 6 heteroatoms. The average molecular weight is 338 g/mol. The minimum atomic E-state index is -3.71. The lowest BCUT2D eigenvalue weighted by Gasteiger charge is -2.20. The maximum Gasteiger partial charge on any atom is 0.265 e. The molecule has 1 saturated heterocycles. The third kappa shape index (κ3) is 2.90. The lowest BCUT2D eigenvalue weighted by molar-refractivity contribution is -0.0886. The summed E-state index contributed by atoms with van der Waals surface area (Å²) in [5, 5.41) is 0. The van der Waals surface area contributed by atoms with Crippen LogP contribution in [0.2, 0.25) is 0 Å². The van der Waals surface area contributed by atoms with Crippen LogP contribution in [0.15, 0.2) is 65.6 Å². The van der Waals surface area contributed by atoms with E-state index < -0.39 is 10.0 Å². The molecule has 0 amide bonds. The summed E-state index contributed by atoms with van der Waals surface area (Å²) >= 11 is 5.96. The molecule has 2 aromatic rings. The fourth-order valence-corrected chi connectivity index (χ4v) is 4.33. The van der Waals surface area contributed by atoms with E-state index >= 15 is 0 Å². The summed E-state index contributed by atoms with van der Waals surface area (Å²) in [5.41, 5.74) is 0.948. The molecule has 1 aliphatic rings. The van der Waals surface area contributed by atoms with E-state index in [0.29, 0.717) is 6.42 Å². The highest BCUT2D eigenvalue weighted by atomic mass is 35.5. The van der Waals surface area contributed by atoms with Gasteiger partial charge in [-0.25, -0.2) is 8.42 Å². The normalized spacial score (nSPS) is 22.8. The fraction of sp³-hybridized carbons (Fsp3) is 0.250. The van der Waals surface area contributed by atoms with Crippen LogP contribution in [0.3, 0.4) is 0 Å². The molecule has 0 spiro atoms. The van der Waals surface area contributed by atoms with Crippen molar-refractivity contribution < 1.29 is 13.3 Å². The van der Waals surface area contributed by atoms with E-state index in [1.807, 2.05) is 30.3 Å². The first-order valence-corrected chi connectivity index (χ1v) is 8.97. The van der Waals surface area contributed by atoms with Gasteiger partial charge in [0.25, 0.3) is 10.0 Å². The van der Waals surface area contributed by atoms with Crippen LogP contribution in [0.25, 0.3) is 0 Å². The Bertz CT molecular complexity index is 722. The predicted molar refractivity (Wildman–Crippen MR) is 84.9 cm³/mol. The van der Waals surface area contributed by atoms with Gasteiger partial charge in [-0.1, -0.05) is 53.0 Å². The van der Waals surface area contributed by atoms with Crippen molar-refractivity contribution in [1.82, 2.24) is 4.47 Å². The molecule has 2 aromatic carbocycles. The first-order chi connectivity index (χ1) is 10.6. The molecular weight excluding hydrogens is 322 g/mol. The van der Waals surface area contributed by atoms with Crippen LogP contribution in [-0.4, -0.2) is 24.8 Å². The van der Waals surface area contributed by atoms with Crippen molar-refractivity contribution in [2.75, 3.05) is 5.88 Å². The Morgan fingerprint density at radius 3 is 2.23 bits per heavy atom. The van der Waals surface area contributed by atoms with E-state index in [2.05, 4.69) is 0 Å². The zero-order valence-corrected chi connectivity index (χ0v) is 13.4. The smallest absolute Gasteiger partial charge is 0.265 e. The summed E-state index contributed by atoms with van der Waals surface area (Å²) in [6, 6.07) is 17.5. The molecule has 0 N–H and O–H groups in total. The SMILES string of the molecule is O=S(=O)(c1ccccc1)N1O[C@@H](c2ccccc2)C[C@H]1CCl. The summed E-state index contributed by atoms with van der Waals surface area (Å²) in [6.07, 6.45) is 0.239. The lowest BCUT2D eigenvalue weighted by Crippen LogP contribution is -2.35. The van der Waals surface area contributed by atoms with Gasteiger partial charge >= 0.3 is 0 Å². The summed E-state index contributed by atoms with van der Waals surface area (Å²) in [6.45, 7) is 0. The van der Waals surface area contributed by atoms with E-state index in [0.717, 1.165) is 10.0 Å². The molecule has 0 aromatic heterocycles. The van der Waals surface area contributed by atoms with Crippen molar-refractivity contribution in [2.45, 2.75) is 23.5 Å². The molecule has 0 saturated carbocycles. The Morgan fingerprint density at radius 2 is 1.64 bits per heavy atom. The molecule has 3 rings (SSSR count). The fourth-order valence-electron chi connectivity index (χ4n) is 2.52. The van der Waals surface area contributed by atoms with Crippen LogP contribution in [-0.2, 0) is 14.9 Å². The number of hydrogen-bond acceptors (Lipinski definition) is 3. The largest absolute Gasteiger partial charge is 0.276 e. The number of benzene rings is 2. The molecule has 0 radical (unpaired) electrons. The summed E-state index contributed by atoms with van der Waals surface area (Å²) in [5.74, 6) is 0.190. The minimum absolute atomic E-state index is 0.190. The van der Waals surface area contributed by atoms with Gasteiger partial charge in [-0.15, -0.1) is 11.6 Å². The standard InChI is InChI=1S/C16H16ClNO3S/c17-12-14-11-16(13-7-3-1-4-8-13)21-18(14)22(19,20)15-9-5-2-6-10-15/h1-10,14,16H,11-12H2/t14-,16+/m0/s1. The Hall–Kier alpha value is -1.40. The molecule has 0 bridgehead atoms. The Morgan fingerprint density at radius 1 is 1.05 bits per heavy atom. The van der Waals surface area contributed by atoms with Gasteiger partial charge in [-0.2, -0.15) is 0 Å². The van der Waals surface area contributed by atoms with Gasteiger partial charge in [-0.3, -0.25) is 4.84 Å². The van der Waals surface area contributed by atoms with Crippen molar-refractivity contribution in [1.29, 1.82) is 0 Å². The topological polar surface area (TPSA) is 46.6 Å². The van der Waals surface area contributed by atoms with E-state index in [4.69, 9.17) is 16.4 Å². The first kappa shape index (κ1) is 15.5. The van der Waals surface area contributed by atoms with Gasteiger partial charge in [0.1, 0.15) is 6.10 Å². The number of halogens is 1. The number of sulfonamides is 1. The van der Waals surface area contributed by atoms with Gasteiger partial charge in [0.05, 0.1) is 10.9 Å². The van der Waals surface area contributed by atoms with Crippen molar-refractivity contribution in [3.63, 3.8) is 0 Å². The molecule has 22 heavy (non-hydrogen) atoms. The zero-order valence-electron chi connectivity index (χ0n) is 11.8. The molecule has 2 atom stereocenters. The number of alkyl halides is 1. The Balaban J connectivity index is 1.90. The average Bonchev–Trinajstić information content (AvgIpc) is 3.02. The quantitative estimate of drug-likeness (QED) is 0.804. The van der Waals surface area contributed by atoms with Crippen molar-refractivity contribution in [3.8, 4) is 0 Å². The molecule has 0 aliphatic carbocycles. The van der Waals surface area contributed by atoms with Crippen LogP contribution in [0.5, 0.6) is 0 Å². The maximum atomic E-state index is 12.7. The highest BCUT2D eigenvalue weighted by molar-refractivity contribution is 7.89. The summed E-state index contributed by atoms with van der Waals surface area (Å²) in [7, 11) is -3.71. The number of rotatable bonds is 4. The second-order valence-corrected chi connectivity index (χ2v) is 7.21. The predicted octanol–water partition coefficient (Wildman–Crippen LogP) is 3.36. The molecule has 0 unspecified atom stereocenters. The highest BCUT2D eigenvalue weighted by Gasteiger charge is 2.41. The van der Waals surface area contributed by atoms with Crippen LogP contribution < -0.4 is 0 Å². The molecule has 1 aliphatic heterocycles. The lowest BCUT2D eigenvalue weighted by atomic mass is 10.0. The third-order valence-corrected chi connectivity index (χ3v) is 5.72. The van der Waals surface area contributed by atoms with Crippen LogP contribution in [0.4, 0.5) is 0 Å². The van der Waals surface area contributed by atoms with Crippen LogP contribution in [0, 0.1) is 0 Å². The van der Waals surface area contributed by atoms with E-state index in [1.54, 1.807) is 30.3 Å². The molecule has 1 fully saturated rings. The number of hydroxylamine groups is 1. The second kappa shape index (κ2) is 6.38. The van der Waals surface area contributed by atoms with E-state index in [1.165, 1.54) is 0 Å². The molecule has 1 heterocycles. The summed E-state index contributed by atoms with van der Waals surface area (Å²) in [4.78, 5) is 5.94. The number of hydrogen-bond donors (Lipinski definition) is 0. The van der Waals surface area contributed by atoms with E-state index in [-0.39, 0.29) is 22.9 Å². The van der Waals surface area contributed by atoms with Crippen molar-refractivity contribution in [3.05, 3.63) is 66.2 Å². The molecule has 116 valence electrons. The van der Waals surface area contributed by atoms with Crippen LogP contribution >= 0.6 is 11.6 Å². The third-order valence-electron chi connectivity index (χ3n) is 3.64. The van der Waals surface area contributed by atoms with Gasteiger partial charge < -0.3 is 0 Å². The van der Waals surface area contributed by atoms with Gasteiger partial charge in [0, 0.05) is 12.3 Å². The van der Waals surface area contributed by atoms with Gasteiger partial charge in [0.2, 0.25) is 0 Å². The molecule has 4 nitrogen and oxygen atoms in total. The minimum Gasteiger partial charge on any atom is -0.276 e. The second-order valence-electron chi connectivity index (χ2n) is 5.12. The monoisotopic (exact) mass is 337 g/mol. The van der Waals surface area contributed by atoms with Crippen LogP contribution in [0.1, 0.15) is 18.1 Å². The van der Waals surface area contributed by atoms with E-state index in [9.17, 15) is 8.42 Å². The first-order valence-electron chi connectivity index (χ1n) is 7.00. The number of nitrogens with zero attached hydrogens (tertiary/aromatic N) is 1. The van der Waals surface area contributed by atoms with Crippen molar-refractivity contribution in [2.24, 2.45) is 0 Å². The highest BCUT2D eigenvalue weighted by Crippen LogP contribution is 2.37. The van der Waals surface area contributed by atoms with Crippen molar-refractivity contribution >= 4 is 21.6 Å². The zero-order chi connectivity index (χ0) is 15.6. The summed E-state index contributed by atoms with van der Waals surface area (Å²) < 4.78 is 26.5. The molecular formula is C16H16ClNO3S. The maximum absolute atomic E-state index is 12.7. The van der Waals surface area contributed by atoms with Gasteiger partial charge in [-0.05, 0) is 17.7 Å². The van der Waals surface area contributed by atoms with Gasteiger partial charge in [0.15, 0.2) is 0 Å². The Kier molecular flexibility index (Phi) is 4.49. The Labute approximate surface area is 135 Å².